The lowest BCUT2D eigenvalue weighted by molar-refractivity contribution is 0.672. The number of furan rings is 1. The molecule has 0 saturated heterocycles. The first-order valence-electron chi connectivity index (χ1n) is 19.9. The number of hydrogen-bond acceptors (Lipinski definition) is 4. The van der Waals surface area contributed by atoms with E-state index in [9.17, 15) is 0 Å². The molecule has 0 amide bonds. The van der Waals surface area contributed by atoms with Gasteiger partial charge in [0.1, 0.15) is 11.2 Å². The van der Waals surface area contributed by atoms with Gasteiger partial charge in [0.2, 0.25) is 0 Å². The quantitative estimate of drug-likeness (QED) is 0.176. The van der Waals surface area contributed by atoms with Crippen LogP contribution in [0.25, 0.3) is 121 Å². The third kappa shape index (κ3) is 5.73. The normalized spacial score (nSPS) is 11.7. The van der Waals surface area contributed by atoms with E-state index >= 15 is 0 Å². The highest BCUT2D eigenvalue weighted by Crippen LogP contribution is 2.38. The van der Waals surface area contributed by atoms with Crippen molar-refractivity contribution in [3.63, 3.8) is 0 Å². The third-order valence-electron chi connectivity index (χ3n) is 11.6. The van der Waals surface area contributed by atoms with Gasteiger partial charge in [-0.25, -0.2) is 15.0 Å². The average Bonchev–Trinajstić information content (AvgIpc) is 3.70. The molecule has 0 saturated carbocycles. The number of rotatable bonds is 5. The highest BCUT2D eigenvalue weighted by Gasteiger charge is 2.17. The van der Waals surface area contributed by atoms with Gasteiger partial charge < -0.3 is 4.42 Å². The Kier molecular flexibility index (Phi) is 7.50. The van der Waals surface area contributed by atoms with Gasteiger partial charge in [-0.05, 0) is 115 Å². The molecule has 0 N–H and O–H groups in total. The van der Waals surface area contributed by atoms with Crippen LogP contribution >= 0.6 is 0 Å². The highest BCUT2D eigenvalue weighted by atomic mass is 16.3. The SMILES string of the molecule is c1ccc(-c2ccc3cc(-c4nc(-c5cc(-c6ccc7ccccc7c6)c6ccccc6c5)nc(-c5ccc6c(ccc7c8ccccc8oc67)c5)n4)ccc3c2)cc1. The summed E-state index contributed by atoms with van der Waals surface area (Å²) < 4.78 is 6.40. The maximum Gasteiger partial charge on any atom is 0.164 e. The average molecular weight is 752 g/mol. The van der Waals surface area contributed by atoms with E-state index in [-0.39, 0.29) is 0 Å². The summed E-state index contributed by atoms with van der Waals surface area (Å²) >= 11 is 0. The second-order valence-corrected chi connectivity index (χ2v) is 15.2. The Morgan fingerprint density at radius 3 is 1.58 bits per heavy atom. The van der Waals surface area contributed by atoms with Gasteiger partial charge in [-0.2, -0.15) is 0 Å². The van der Waals surface area contributed by atoms with Crippen molar-refractivity contribution >= 4 is 65.0 Å². The Bertz CT molecular complexity index is 3620. The Labute approximate surface area is 339 Å². The summed E-state index contributed by atoms with van der Waals surface area (Å²) in [6.07, 6.45) is 0. The molecule has 0 radical (unpaired) electrons. The van der Waals surface area contributed by atoms with Gasteiger partial charge >= 0.3 is 0 Å². The molecule has 0 aliphatic rings. The van der Waals surface area contributed by atoms with Crippen molar-refractivity contribution in [2.24, 2.45) is 0 Å². The molecule has 2 heterocycles. The van der Waals surface area contributed by atoms with Crippen LogP contribution < -0.4 is 0 Å². The molecule has 4 heteroatoms. The van der Waals surface area contributed by atoms with Crippen LogP contribution in [0.4, 0.5) is 0 Å². The van der Waals surface area contributed by atoms with Crippen LogP contribution in [-0.2, 0) is 0 Å². The lowest BCUT2D eigenvalue weighted by Crippen LogP contribution is -2.00. The van der Waals surface area contributed by atoms with E-state index in [2.05, 4.69) is 182 Å². The van der Waals surface area contributed by atoms with E-state index in [0.29, 0.717) is 17.5 Å². The number of aromatic nitrogens is 3. The lowest BCUT2D eigenvalue weighted by atomic mass is 9.94. The zero-order valence-electron chi connectivity index (χ0n) is 31.8. The third-order valence-corrected chi connectivity index (χ3v) is 11.6. The number of para-hydroxylation sites is 1. The van der Waals surface area contributed by atoms with Crippen LogP contribution in [0.3, 0.4) is 0 Å². The molecule has 4 nitrogen and oxygen atoms in total. The molecule has 274 valence electrons. The molecule has 0 aliphatic heterocycles. The van der Waals surface area contributed by atoms with Crippen molar-refractivity contribution in [1.29, 1.82) is 0 Å². The minimum atomic E-state index is 0.608. The fraction of sp³-hybridized carbons (Fsp3) is 0. The van der Waals surface area contributed by atoms with Gasteiger partial charge in [0.15, 0.2) is 17.5 Å². The molecule has 12 rings (SSSR count). The molecular formula is C55H33N3O. The summed E-state index contributed by atoms with van der Waals surface area (Å²) in [4.78, 5) is 15.7. The molecule has 59 heavy (non-hydrogen) atoms. The summed E-state index contributed by atoms with van der Waals surface area (Å²) in [5.74, 6) is 1.84. The zero-order chi connectivity index (χ0) is 38.9. The zero-order valence-corrected chi connectivity index (χ0v) is 31.8. The smallest absolute Gasteiger partial charge is 0.164 e. The van der Waals surface area contributed by atoms with Crippen molar-refractivity contribution in [3.8, 4) is 56.4 Å². The van der Waals surface area contributed by atoms with Crippen molar-refractivity contribution < 1.29 is 4.42 Å². The first kappa shape index (κ1) is 33.2. The Morgan fingerprint density at radius 2 is 0.763 bits per heavy atom. The predicted molar refractivity (Wildman–Crippen MR) is 244 cm³/mol. The number of nitrogens with zero attached hydrogens (tertiary/aromatic N) is 3. The molecule has 0 aliphatic carbocycles. The van der Waals surface area contributed by atoms with Crippen LogP contribution in [0, 0.1) is 0 Å². The Balaban J connectivity index is 1.05. The van der Waals surface area contributed by atoms with E-state index in [0.717, 1.165) is 76.7 Å². The predicted octanol–water partition coefficient (Wildman–Crippen LogP) is 14.7. The van der Waals surface area contributed by atoms with Crippen LogP contribution in [0.5, 0.6) is 0 Å². The molecule has 12 aromatic rings. The fourth-order valence-electron chi connectivity index (χ4n) is 8.64. The first-order valence-corrected chi connectivity index (χ1v) is 19.9. The molecular weight excluding hydrogens is 719 g/mol. The Hall–Kier alpha value is -7.95. The topological polar surface area (TPSA) is 51.8 Å². The monoisotopic (exact) mass is 751 g/mol. The standard InChI is InChI=1S/C55H33N3O/c1-2-10-34(11-3-1)37-19-20-39-30-43(23-21-38(39)28-37)53-56-54(44-25-26-47-41(31-44)24-27-49-48-16-8-9-17-51(48)59-52(47)49)58-55(57-53)45-32-40-14-6-7-15-46(40)50(33-45)42-22-18-35-12-4-5-13-36(35)29-42/h1-33H. The van der Waals surface area contributed by atoms with Crippen molar-refractivity contribution in [3.05, 3.63) is 200 Å². The minimum absolute atomic E-state index is 0.608. The lowest BCUT2D eigenvalue weighted by Gasteiger charge is -2.13. The number of hydrogen-bond donors (Lipinski definition) is 0. The Morgan fingerprint density at radius 1 is 0.271 bits per heavy atom. The van der Waals surface area contributed by atoms with Crippen LogP contribution in [-0.4, -0.2) is 15.0 Å². The van der Waals surface area contributed by atoms with E-state index < -0.39 is 0 Å². The summed E-state index contributed by atoms with van der Waals surface area (Å²) in [7, 11) is 0. The van der Waals surface area contributed by atoms with E-state index in [1.54, 1.807) is 0 Å². The largest absolute Gasteiger partial charge is 0.455 e. The first-order chi connectivity index (χ1) is 29.2. The molecule has 0 spiro atoms. The van der Waals surface area contributed by atoms with Crippen molar-refractivity contribution in [2.45, 2.75) is 0 Å². The highest BCUT2D eigenvalue weighted by molar-refractivity contribution is 6.15. The van der Waals surface area contributed by atoms with Gasteiger partial charge in [0.05, 0.1) is 0 Å². The number of benzene rings is 10. The van der Waals surface area contributed by atoms with Crippen LogP contribution in [0.1, 0.15) is 0 Å². The molecule has 0 unspecified atom stereocenters. The molecule has 0 atom stereocenters. The molecule has 0 bridgehead atoms. The van der Waals surface area contributed by atoms with Gasteiger partial charge in [-0.15, -0.1) is 0 Å². The van der Waals surface area contributed by atoms with Crippen molar-refractivity contribution in [1.82, 2.24) is 15.0 Å². The second-order valence-electron chi connectivity index (χ2n) is 15.2. The second kappa shape index (κ2) is 13.3. The minimum Gasteiger partial charge on any atom is -0.455 e. The molecule has 0 fully saturated rings. The summed E-state index contributed by atoms with van der Waals surface area (Å²) in [5, 5.41) is 11.3. The molecule has 2 aromatic heterocycles. The van der Waals surface area contributed by atoms with E-state index in [4.69, 9.17) is 19.4 Å². The molecule has 10 aromatic carbocycles. The van der Waals surface area contributed by atoms with Gasteiger partial charge in [-0.3, -0.25) is 0 Å². The number of fused-ring (bicyclic) bond motifs is 8. The van der Waals surface area contributed by atoms with Crippen LogP contribution in [0.15, 0.2) is 205 Å². The van der Waals surface area contributed by atoms with Gasteiger partial charge in [-0.1, -0.05) is 146 Å². The van der Waals surface area contributed by atoms with E-state index in [1.165, 1.54) is 27.3 Å². The summed E-state index contributed by atoms with van der Waals surface area (Å²) in [6, 6.07) is 70.7. The van der Waals surface area contributed by atoms with Crippen molar-refractivity contribution in [2.75, 3.05) is 0 Å². The van der Waals surface area contributed by atoms with Crippen LogP contribution in [0.2, 0.25) is 0 Å². The maximum atomic E-state index is 6.40. The summed E-state index contributed by atoms with van der Waals surface area (Å²) in [5.41, 5.74) is 9.18. The van der Waals surface area contributed by atoms with Gasteiger partial charge in [0.25, 0.3) is 0 Å². The van der Waals surface area contributed by atoms with Gasteiger partial charge in [0, 0.05) is 32.8 Å². The fourth-order valence-corrected chi connectivity index (χ4v) is 8.64. The van der Waals surface area contributed by atoms with E-state index in [1.807, 2.05) is 18.2 Å². The summed E-state index contributed by atoms with van der Waals surface area (Å²) in [6.45, 7) is 0. The maximum absolute atomic E-state index is 6.40.